The Labute approximate surface area is 135 Å². The first kappa shape index (κ1) is 15.8. The number of ketones is 1. The van der Waals surface area contributed by atoms with Gasteiger partial charge >= 0.3 is 0 Å². The van der Waals surface area contributed by atoms with Crippen molar-refractivity contribution in [3.05, 3.63) is 47.1 Å². The number of hydrogen-bond donors (Lipinski definition) is 1. The van der Waals surface area contributed by atoms with Gasteiger partial charge < -0.3 is 9.84 Å². The van der Waals surface area contributed by atoms with Crippen molar-refractivity contribution in [3.8, 4) is 0 Å². The van der Waals surface area contributed by atoms with Crippen molar-refractivity contribution in [3.63, 3.8) is 0 Å². The molecule has 1 aliphatic rings. The molecule has 1 unspecified atom stereocenters. The van der Waals surface area contributed by atoms with Crippen LogP contribution in [-0.4, -0.2) is 47.5 Å². The van der Waals surface area contributed by atoms with E-state index in [1.165, 1.54) is 0 Å². The normalized spacial score (nSPS) is 19.0. The topological polar surface area (TPSA) is 71.3 Å². The number of piperazine rings is 1. The Hall–Kier alpha value is -2.05. The van der Waals surface area contributed by atoms with Gasteiger partial charge in [-0.1, -0.05) is 35.0 Å². The zero-order valence-electron chi connectivity index (χ0n) is 13.6. The molecule has 1 saturated heterocycles. The number of aromatic nitrogens is 2. The molecule has 1 aromatic heterocycles. The number of Topliss-reactive ketones (excluding diaryl/α,β-unsaturated/α-hetero) is 1. The van der Waals surface area contributed by atoms with Gasteiger partial charge in [-0.05, 0) is 14.0 Å². The predicted molar refractivity (Wildman–Crippen MR) is 86.4 cm³/mol. The van der Waals surface area contributed by atoms with Crippen LogP contribution in [0.5, 0.6) is 0 Å². The van der Waals surface area contributed by atoms with Gasteiger partial charge in [0.1, 0.15) is 0 Å². The summed E-state index contributed by atoms with van der Waals surface area (Å²) in [5, 5.41) is 7.41. The van der Waals surface area contributed by atoms with Crippen molar-refractivity contribution in [2.24, 2.45) is 0 Å². The molecule has 2 aromatic rings. The molecule has 6 heteroatoms. The molecule has 23 heavy (non-hydrogen) atoms. The highest BCUT2D eigenvalue weighted by molar-refractivity contribution is 5.96. The average Bonchev–Trinajstić information content (AvgIpc) is 3.02. The smallest absolute Gasteiger partial charge is 0.227 e. The van der Waals surface area contributed by atoms with Crippen LogP contribution in [0, 0.1) is 6.92 Å². The Bertz CT molecular complexity index is 665. The van der Waals surface area contributed by atoms with Crippen LogP contribution >= 0.6 is 0 Å². The number of aryl methyl sites for hydroxylation is 2. The van der Waals surface area contributed by atoms with E-state index in [0.29, 0.717) is 24.6 Å². The first-order valence-electron chi connectivity index (χ1n) is 7.97. The summed E-state index contributed by atoms with van der Waals surface area (Å²) in [4.78, 5) is 18.8. The van der Waals surface area contributed by atoms with Gasteiger partial charge in [0.15, 0.2) is 11.6 Å². The van der Waals surface area contributed by atoms with E-state index in [1.54, 1.807) is 0 Å². The van der Waals surface area contributed by atoms with E-state index < -0.39 is 0 Å². The fourth-order valence-corrected chi connectivity index (χ4v) is 2.70. The molecular formula is C17H22N4O2. The van der Waals surface area contributed by atoms with Gasteiger partial charge in [0, 0.05) is 38.0 Å². The third-order valence-corrected chi connectivity index (χ3v) is 4.23. The van der Waals surface area contributed by atoms with Crippen LogP contribution in [0.2, 0.25) is 0 Å². The molecule has 3 rings (SSSR count). The zero-order valence-corrected chi connectivity index (χ0v) is 13.6. The highest BCUT2D eigenvalue weighted by Gasteiger charge is 2.25. The first-order valence-corrected chi connectivity index (χ1v) is 7.97. The standard InChI is InChI=1S/C17H22N4O2/c1-12-3-5-13(6-4-12)15(22)7-8-16-19-17(20-23-16)14-11-18-9-10-21(14)2/h3-6,14,18H,7-11H2,1-2H3. The van der Waals surface area contributed by atoms with Crippen LogP contribution in [-0.2, 0) is 6.42 Å². The monoisotopic (exact) mass is 314 g/mol. The SMILES string of the molecule is Cc1ccc(C(=O)CCc2nc(C3CNCCN3C)no2)cc1. The van der Waals surface area contributed by atoms with Crippen LogP contribution in [0.3, 0.4) is 0 Å². The maximum absolute atomic E-state index is 12.2. The molecule has 1 N–H and O–H groups in total. The number of benzene rings is 1. The lowest BCUT2D eigenvalue weighted by atomic mass is 10.1. The predicted octanol–water partition coefficient (Wildman–Crippen LogP) is 1.77. The average molecular weight is 314 g/mol. The maximum Gasteiger partial charge on any atom is 0.227 e. The summed E-state index contributed by atoms with van der Waals surface area (Å²) in [7, 11) is 2.06. The summed E-state index contributed by atoms with van der Waals surface area (Å²) < 4.78 is 5.30. The minimum absolute atomic E-state index is 0.0983. The number of nitrogens with zero attached hydrogens (tertiary/aromatic N) is 3. The second-order valence-corrected chi connectivity index (χ2v) is 6.04. The third-order valence-electron chi connectivity index (χ3n) is 4.23. The molecule has 0 radical (unpaired) electrons. The molecule has 2 heterocycles. The Balaban J connectivity index is 1.58. The largest absolute Gasteiger partial charge is 0.339 e. The fraction of sp³-hybridized carbons (Fsp3) is 0.471. The molecule has 0 saturated carbocycles. The van der Waals surface area contributed by atoms with Crippen molar-refractivity contribution in [2.45, 2.75) is 25.8 Å². The number of carbonyl (C=O) groups is 1. The van der Waals surface area contributed by atoms with Gasteiger partial charge in [0.05, 0.1) is 6.04 Å². The van der Waals surface area contributed by atoms with Crippen molar-refractivity contribution in [1.82, 2.24) is 20.4 Å². The van der Waals surface area contributed by atoms with Gasteiger partial charge in [-0.15, -0.1) is 0 Å². The van der Waals surface area contributed by atoms with E-state index in [4.69, 9.17) is 4.52 Å². The van der Waals surface area contributed by atoms with E-state index >= 15 is 0 Å². The molecule has 1 fully saturated rings. The van der Waals surface area contributed by atoms with Gasteiger partial charge in [-0.3, -0.25) is 9.69 Å². The van der Waals surface area contributed by atoms with E-state index in [0.717, 1.165) is 30.8 Å². The van der Waals surface area contributed by atoms with Crippen LogP contribution in [0.1, 0.15) is 40.1 Å². The Morgan fingerprint density at radius 1 is 1.39 bits per heavy atom. The summed E-state index contributed by atoms with van der Waals surface area (Å²) in [6, 6.07) is 7.75. The second-order valence-electron chi connectivity index (χ2n) is 6.04. The summed E-state index contributed by atoms with van der Waals surface area (Å²) in [5.41, 5.74) is 1.87. The Morgan fingerprint density at radius 3 is 2.91 bits per heavy atom. The van der Waals surface area contributed by atoms with Gasteiger partial charge in [-0.2, -0.15) is 4.98 Å². The molecule has 1 atom stereocenters. The van der Waals surface area contributed by atoms with Crippen molar-refractivity contribution >= 4 is 5.78 Å². The maximum atomic E-state index is 12.2. The summed E-state index contributed by atoms with van der Waals surface area (Å²) in [6.07, 6.45) is 0.854. The van der Waals surface area contributed by atoms with Crippen LogP contribution in [0.4, 0.5) is 0 Å². The minimum Gasteiger partial charge on any atom is -0.339 e. The lowest BCUT2D eigenvalue weighted by Crippen LogP contribution is -2.44. The van der Waals surface area contributed by atoms with Crippen LogP contribution in [0.15, 0.2) is 28.8 Å². The summed E-state index contributed by atoms with van der Waals surface area (Å²) >= 11 is 0. The molecule has 0 bridgehead atoms. The number of carbonyl (C=O) groups excluding carboxylic acids is 1. The fourth-order valence-electron chi connectivity index (χ4n) is 2.70. The molecule has 1 aromatic carbocycles. The summed E-state index contributed by atoms with van der Waals surface area (Å²) in [5.74, 6) is 1.32. The molecule has 0 aliphatic carbocycles. The van der Waals surface area contributed by atoms with Gasteiger partial charge in [0.25, 0.3) is 0 Å². The van der Waals surface area contributed by atoms with E-state index in [1.807, 2.05) is 31.2 Å². The number of likely N-dealkylation sites (N-methyl/N-ethyl adjacent to an activating group) is 1. The summed E-state index contributed by atoms with van der Waals surface area (Å²) in [6.45, 7) is 4.76. The number of hydrogen-bond acceptors (Lipinski definition) is 6. The molecule has 1 aliphatic heterocycles. The van der Waals surface area contributed by atoms with Crippen LogP contribution in [0.25, 0.3) is 0 Å². The lowest BCUT2D eigenvalue weighted by Gasteiger charge is -2.30. The zero-order chi connectivity index (χ0) is 16.2. The van der Waals surface area contributed by atoms with E-state index in [-0.39, 0.29) is 11.8 Å². The van der Waals surface area contributed by atoms with E-state index in [9.17, 15) is 4.79 Å². The Morgan fingerprint density at radius 2 is 2.17 bits per heavy atom. The number of nitrogens with one attached hydrogen (secondary N) is 1. The highest BCUT2D eigenvalue weighted by atomic mass is 16.5. The second kappa shape index (κ2) is 7.02. The van der Waals surface area contributed by atoms with Crippen molar-refractivity contribution in [1.29, 1.82) is 0 Å². The molecule has 0 spiro atoms. The van der Waals surface area contributed by atoms with Crippen molar-refractivity contribution in [2.75, 3.05) is 26.7 Å². The molecule has 0 amide bonds. The quantitative estimate of drug-likeness (QED) is 0.848. The third kappa shape index (κ3) is 3.83. The molecular weight excluding hydrogens is 292 g/mol. The molecule has 122 valence electrons. The van der Waals surface area contributed by atoms with E-state index in [2.05, 4.69) is 27.4 Å². The van der Waals surface area contributed by atoms with Gasteiger partial charge in [0.2, 0.25) is 5.89 Å². The van der Waals surface area contributed by atoms with Crippen molar-refractivity contribution < 1.29 is 9.32 Å². The number of rotatable bonds is 5. The lowest BCUT2D eigenvalue weighted by molar-refractivity contribution is 0.0979. The highest BCUT2D eigenvalue weighted by Crippen LogP contribution is 2.18. The Kier molecular flexibility index (Phi) is 4.83. The first-order chi connectivity index (χ1) is 11.1. The molecule has 6 nitrogen and oxygen atoms in total. The van der Waals surface area contributed by atoms with Gasteiger partial charge in [-0.25, -0.2) is 0 Å². The van der Waals surface area contributed by atoms with Crippen LogP contribution < -0.4 is 5.32 Å². The minimum atomic E-state index is 0.0983.